The quantitative estimate of drug-likeness (QED) is 0.648. The number of anilines is 1. The number of nitrogen functional groups attached to an aromatic ring is 1. The molecule has 0 saturated heterocycles. The number of hydrogen-bond acceptors (Lipinski definition) is 3. The second kappa shape index (κ2) is 5.91. The Balaban J connectivity index is 3.03. The summed E-state index contributed by atoms with van der Waals surface area (Å²) in [5, 5.41) is 0.237. The number of rotatable bonds is 5. The summed E-state index contributed by atoms with van der Waals surface area (Å²) in [7, 11) is -3.62. The monoisotopic (exact) mass is 296 g/mol. The zero-order valence-corrected chi connectivity index (χ0v) is 11.7. The first-order valence-electron chi connectivity index (χ1n) is 5.12. The summed E-state index contributed by atoms with van der Waals surface area (Å²) in [5.74, 6) is 0. The molecule has 1 aromatic carbocycles. The van der Waals surface area contributed by atoms with Crippen LogP contribution in [-0.2, 0) is 10.0 Å². The Labute approximate surface area is 111 Å². The number of hydrogen-bond donors (Lipinski definition) is 2. The van der Waals surface area contributed by atoms with E-state index in [9.17, 15) is 8.42 Å². The smallest absolute Gasteiger partial charge is 0.242 e. The van der Waals surface area contributed by atoms with Gasteiger partial charge in [-0.3, -0.25) is 0 Å². The lowest BCUT2D eigenvalue weighted by Gasteiger charge is -2.09. The predicted octanol–water partition coefficient (Wildman–Crippen LogP) is 2.65. The van der Waals surface area contributed by atoms with Gasteiger partial charge >= 0.3 is 0 Å². The fourth-order valence-corrected chi connectivity index (χ4v) is 3.07. The van der Waals surface area contributed by atoms with Crippen LogP contribution in [0, 0.1) is 0 Å². The molecular formula is C10H14Cl2N2O2S. The van der Waals surface area contributed by atoms with Gasteiger partial charge < -0.3 is 5.73 Å². The molecule has 0 radical (unpaired) electrons. The molecule has 0 amide bonds. The van der Waals surface area contributed by atoms with Crippen LogP contribution in [0.15, 0.2) is 17.0 Å². The topological polar surface area (TPSA) is 72.2 Å². The maximum absolute atomic E-state index is 11.9. The van der Waals surface area contributed by atoms with E-state index in [2.05, 4.69) is 4.72 Å². The summed E-state index contributed by atoms with van der Waals surface area (Å²) in [6, 6.07) is 2.59. The average molecular weight is 297 g/mol. The first-order valence-corrected chi connectivity index (χ1v) is 7.36. The van der Waals surface area contributed by atoms with Gasteiger partial charge in [-0.05, 0) is 18.6 Å². The van der Waals surface area contributed by atoms with Gasteiger partial charge in [0, 0.05) is 6.54 Å². The number of halogens is 2. The zero-order chi connectivity index (χ0) is 13.1. The Morgan fingerprint density at radius 1 is 1.29 bits per heavy atom. The standard InChI is InChI=1S/C10H14Cl2N2O2S/c1-2-3-4-14-17(15,16)10-6-7(11)9(13)5-8(10)12/h5-6,14H,2-4,13H2,1H3. The van der Waals surface area contributed by atoms with Gasteiger partial charge in [-0.1, -0.05) is 36.5 Å². The molecule has 0 heterocycles. The van der Waals surface area contributed by atoms with Gasteiger partial charge in [-0.25, -0.2) is 13.1 Å². The predicted molar refractivity (Wildman–Crippen MR) is 71.0 cm³/mol. The zero-order valence-electron chi connectivity index (χ0n) is 9.33. The number of benzene rings is 1. The first kappa shape index (κ1) is 14.6. The van der Waals surface area contributed by atoms with Crippen molar-refractivity contribution in [2.24, 2.45) is 0 Å². The third kappa shape index (κ3) is 3.74. The lowest BCUT2D eigenvalue weighted by Crippen LogP contribution is -2.25. The highest BCUT2D eigenvalue weighted by atomic mass is 35.5. The van der Waals surface area contributed by atoms with Crippen molar-refractivity contribution < 1.29 is 8.42 Å². The molecule has 1 aromatic rings. The summed E-state index contributed by atoms with van der Waals surface area (Å²) < 4.78 is 26.2. The molecule has 0 bridgehead atoms. The highest BCUT2D eigenvalue weighted by Crippen LogP contribution is 2.29. The molecule has 3 N–H and O–H groups in total. The third-order valence-electron chi connectivity index (χ3n) is 2.16. The summed E-state index contributed by atoms with van der Waals surface area (Å²) >= 11 is 11.6. The van der Waals surface area contributed by atoms with Crippen molar-refractivity contribution in [2.45, 2.75) is 24.7 Å². The highest BCUT2D eigenvalue weighted by molar-refractivity contribution is 7.89. The molecule has 0 fully saturated rings. The number of sulfonamides is 1. The number of nitrogens with two attached hydrogens (primary N) is 1. The second-order valence-electron chi connectivity index (χ2n) is 3.56. The van der Waals surface area contributed by atoms with Gasteiger partial charge in [0.05, 0.1) is 15.7 Å². The first-order chi connectivity index (χ1) is 7.88. The molecule has 7 heteroatoms. The Bertz CT molecular complexity index is 503. The molecule has 0 saturated carbocycles. The molecule has 0 aliphatic heterocycles. The van der Waals surface area contributed by atoms with E-state index < -0.39 is 10.0 Å². The number of unbranched alkanes of at least 4 members (excludes halogenated alkanes) is 1. The molecule has 96 valence electrons. The van der Waals surface area contributed by atoms with E-state index in [1.54, 1.807) is 0 Å². The lowest BCUT2D eigenvalue weighted by molar-refractivity contribution is 0.578. The van der Waals surface area contributed by atoms with Crippen molar-refractivity contribution in [1.29, 1.82) is 0 Å². The van der Waals surface area contributed by atoms with Crippen molar-refractivity contribution in [3.8, 4) is 0 Å². The molecule has 0 unspecified atom stereocenters. The lowest BCUT2D eigenvalue weighted by atomic mass is 10.3. The van der Waals surface area contributed by atoms with Gasteiger partial charge in [0.25, 0.3) is 0 Å². The van der Waals surface area contributed by atoms with Crippen LogP contribution < -0.4 is 10.5 Å². The fourth-order valence-electron chi connectivity index (χ4n) is 1.21. The molecule has 17 heavy (non-hydrogen) atoms. The highest BCUT2D eigenvalue weighted by Gasteiger charge is 2.18. The van der Waals surface area contributed by atoms with E-state index in [0.29, 0.717) is 6.54 Å². The molecule has 0 spiro atoms. The van der Waals surface area contributed by atoms with Crippen molar-refractivity contribution in [3.63, 3.8) is 0 Å². The Morgan fingerprint density at radius 3 is 2.53 bits per heavy atom. The van der Waals surface area contributed by atoms with Crippen molar-refractivity contribution in [3.05, 3.63) is 22.2 Å². The van der Waals surface area contributed by atoms with Crippen LogP contribution in [0.25, 0.3) is 0 Å². The maximum atomic E-state index is 11.9. The molecule has 0 aliphatic rings. The minimum Gasteiger partial charge on any atom is -0.397 e. The van der Waals surface area contributed by atoms with Gasteiger partial charge in [-0.2, -0.15) is 0 Å². The van der Waals surface area contributed by atoms with Gasteiger partial charge in [0.15, 0.2) is 0 Å². The summed E-state index contributed by atoms with van der Waals surface area (Å²) in [6.07, 6.45) is 1.66. The minimum atomic E-state index is -3.62. The van der Waals surface area contributed by atoms with Crippen molar-refractivity contribution in [2.75, 3.05) is 12.3 Å². The van der Waals surface area contributed by atoms with E-state index in [4.69, 9.17) is 28.9 Å². The Hall–Kier alpha value is -0.490. The Morgan fingerprint density at radius 2 is 1.94 bits per heavy atom. The summed E-state index contributed by atoms with van der Waals surface area (Å²) in [5.41, 5.74) is 5.78. The van der Waals surface area contributed by atoms with Crippen molar-refractivity contribution >= 4 is 38.9 Å². The molecule has 0 atom stereocenters. The number of nitrogens with one attached hydrogen (secondary N) is 1. The van der Waals surface area contributed by atoms with E-state index in [1.807, 2.05) is 6.92 Å². The van der Waals surface area contributed by atoms with Crippen LogP contribution >= 0.6 is 23.2 Å². The van der Waals surface area contributed by atoms with Crippen LogP contribution in [0.5, 0.6) is 0 Å². The molecular weight excluding hydrogens is 283 g/mol. The second-order valence-corrected chi connectivity index (χ2v) is 6.11. The van der Waals surface area contributed by atoms with Crippen LogP contribution in [0.4, 0.5) is 5.69 Å². The van der Waals surface area contributed by atoms with E-state index in [0.717, 1.165) is 12.8 Å². The fraction of sp³-hybridized carbons (Fsp3) is 0.400. The van der Waals surface area contributed by atoms with Gasteiger partial charge in [-0.15, -0.1) is 0 Å². The van der Waals surface area contributed by atoms with Crippen LogP contribution in [-0.4, -0.2) is 15.0 Å². The van der Waals surface area contributed by atoms with Crippen molar-refractivity contribution in [1.82, 2.24) is 4.72 Å². The summed E-state index contributed by atoms with van der Waals surface area (Å²) in [4.78, 5) is -0.0468. The average Bonchev–Trinajstić information content (AvgIpc) is 2.23. The van der Waals surface area contributed by atoms with Crippen LogP contribution in [0.3, 0.4) is 0 Å². The molecule has 4 nitrogen and oxygen atoms in total. The molecule has 0 aromatic heterocycles. The van der Waals surface area contributed by atoms with Crippen LogP contribution in [0.1, 0.15) is 19.8 Å². The summed E-state index contributed by atoms with van der Waals surface area (Å²) in [6.45, 7) is 2.35. The van der Waals surface area contributed by atoms with Crippen LogP contribution in [0.2, 0.25) is 10.0 Å². The largest absolute Gasteiger partial charge is 0.397 e. The van der Waals surface area contributed by atoms with E-state index in [-0.39, 0.29) is 20.6 Å². The van der Waals surface area contributed by atoms with E-state index >= 15 is 0 Å². The third-order valence-corrected chi connectivity index (χ3v) is 4.42. The Kier molecular flexibility index (Phi) is 5.06. The SMILES string of the molecule is CCCCNS(=O)(=O)c1cc(Cl)c(N)cc1Cl. The minimum absolute atomic E-state index is 0.0468. The molecule has 1 rings (SSSR count). The normalized spacial score (nSPS) is 11.7. The van der Waals surface area contributed by atoms with E-state index in [1.165, 1.54) is 12.1 Å². The van der Waals surface area contributed by atoms with Gasteiger partial charge in [0.1, 0.15) is 4.90 Å². The maximum Gasteiger partial charge on any atom is 0.242 e. The van der Waals surface area contributed by atoms with Gasteiger partial charge in [0.2, 0.25) is 10.0 Å². The molecule has 0 aliphatic carbocycles.